The fourth-order valence-corrected chi connectivity index (χ4v) is 1.96. The monoisotopic (exact) mass is 253 g/mol. The smallest absolute Gasteiger partial charge is 0.162 e. The van der Waals surface area contributed by atoms with Crippen molar-refractivity contribution in [3.8, 4) is 0 Å². The van der Waals surface area contributed by atoms with Gasteiger partial charge in [-0.15, -0.1) is 6.58 Å². The van der Waals surface area contributed by atoms with Gasteiger partial charge in [-0.05, 0) is 44.4 Å². The number of benzene rings is 1. The van der Waals surface area contributed by atoms with Crippen LogP contribution in [-0.4, -0.2) is 12.6 Å². The van der Waals surface area contributed by atoms with Crippen LogP contribution in [0, 0.1) is 11.6 Å². The highest BCUT2D eigenvalue weighted by molar-refractivity contribution is 5.20. The van der Waals surface area contributed by atoms with Gasteiger partial charge in [0, 0.05) is 6.04 Å². The molecule has 0 amide bonds. The predicted octanol–water partition coefficient (Wildman–Crippen LogP) is 3.84. The van der Waals surface area contributed by atoms with Crippen molar-refractivity contribution in [2.45, 2.75) is 39.2 Å². The average molecular weight is 253 g/mol. The van der Waals surface area contributed by atoms with Gasteiger partial charge in [0.05, 0.1) is 0 Å². The highest BCUT2D eigenvalue weighted by Crippen LogP contribution is 2.16. The minimum Gasteiger partial charge on any atom is -0.314 e. The molecule has 1 unspecified atom stereocenters. The molecule has 0 aliphatic rings. The molecule has 0 aliphatic heterocycles. The van der Waals surface area contributed by atoms with Crippen LogP contribution in [-0.2, 0) is 6.42 Å². The third-order valence-corrected chi connectivity index (χ3v) is 2.91. The molecule has 1 atom stereocenters. The van der Waals surface area contributed by atoms with Crippen molar-refractivity contribution in [1.82, 2.24) is 5.32 Å². The molecular formula is C15H21F2N. The molecule has 0 saturated carbocycles. The zero-order valence-electron chi connectivity index (χ0n) is 11.1. The van der Waals surface area contributed by atoms with Crippen molar-refractivity contribution in [3.63, 3.8) is 0 Å². The normalized spacial score (nSPS) is 12.4. The number of nitrogens with one attached hydrogen (secondary N) is 1. The summed E-state index contributed by atoms with van der Waals surface area (Å²) < 4.78 is 26.7. The summed E-state index contributed by atoms with van der Waals surface area (Å²) >= 11 is 0. The van der Waals surface area contributed by atoms with Gasteiger partial charge in [0.25, 0.3) is 0 Å². The van der Waals surface area contributed by atoms with Crippen molar-refractivity contribution in [2.24, 2.45) is 0 Å². The molecule has 100 valence electrons. The van der Waals surface area contributed by atoms with Crippen LogP contribution in [0.15, 0.2) is 30.4 Å². The van der Waals surface area contributed by atoms with Crippen molar-refractivity contribution >= 4 is 0 Å². The Hall–Kier alpha value is -1.22. The van der Waals surface area contributed by atoms with Gasteiger partial charge in [0.1, 0.15) is 0 Å². The lowest BCUT2D eigenvalue weighted by Gasteiger charge is -2.18. The van der Waals surface area contributed by atoms with Gasteiger partial charge in [0.15, 0.2) is 11.6 Å². The Morgan fingerprint density at radius 1 is 1.39 bits per heavy atom. The van der Waals surface area contributed by atoms with Crippen LogP contribution >= 0.6 is 0 Å². The minimum absolute atomic E-state index is 0.156. The van der Waals surface area contributed by atoms with E-state index in [1.165, 1.54) is 0 Å². The molecule has 0 fully saturated rings. The Labute approximate surface area is 108 Å². The first-order valence-electron chi connectivity index (χ1n) is 6.35. The number of allylic oxidation sites excluding steroid dienone is 1. The maximum absolute atomic E-state index is 13.6. The fourth-order valence-electron chi connectivity index (χ4n) is 1.96. The standard InChI is InChI=1S/C15H21F2N/c1-4-18-13(9-8-11(2)3)10-12-6-5-7-14(16)15(12)17/h5-7,13,18H,2,4,8-10H2,1,3H3. The number of hydrogen-bond donors (Lipinski definition) is 1. The van der Waals surface area contributed by atoms with E-state index >= 15 is 0 Å². The molecule has 0 saturated heterocycles. The first-order valence-corrected chi connectivity index (χ1v) is 6.35. The topological polar surface area (TPSA) is 12.0 Å². The Morgan fingerprint density at radius 3 is 2.72 bits per heavy atom. The van der Waals surface area contributed by atoms with E-state index in [2.05, 4.69) is 11.9 Å². The van der Waals surface area contributed by atoms with Gasteiger partial charge < -0.3 is 5.32 Å². The van der Waals surface area contributed by atoms with Crippen LogP contribution < -0.4 is 5.32 Å². The van der Waals surface area contributed by atoms with Crippen LogP contribution in [0.4, 0.5) is 8.78 Å². The summed E-state index contributed by atoms with van der Waals surface area (Å²) in [6.45, 7) is 8.67. The van der Waals surface area contributed by atoms with E-state index < -0.39 is 11.6 Å². The summed E-state index contributed by atoms with van der Waals surface area (Å²) in [5.41, 5.74) is 1.54. The largest absolute Gasteiger partial charge is 0.314 e. The van der Waals surface area contributed by atoms with Crippen LogP contribution in [0.2, 0.25) is 0 Å². The third kappa shape index (κ3) is 4.57. The number of rotatable bonds is 7. The molecule has 0 aliphatic carbocycles. The Bertz CT molecular complexity index is 401. The molecule has 0 spiro atoms. The maximum Gasteiger partial charge on any atom is 0.162 e. The zero-order valence-corrected chi connectivity index (χ0v) is 11.1. The van der Waals surface area contributed by atoms with E-state index in [-0.39, 0.29) is 6.04 Å². The second-order valence-corrected chi connectivity index (χ2v) is 4.67. The van der Waals surface area contributed by atoms with Crippen molar-refractivity contribution < 1.29 is 8.78 Å². The Morgan fingerprint density at radius 2 is 2.11 bits per heavy atom. The molecule has 1 nitrogen and oxygen atoms in total. The lowest BCUT2D eigenvalue weighted by molar-refractivity contribution is 0.460. The second kappa shape index (κ2) is 7.27. The third-order valence-electron chi connectivity index (χ3n) is 2.91. The zero-order chi connectivity index (χ0) is 13.5. The molecule has 0 aromatic heterocycles. The number of likely N-dealkylation sites (N-methyl/N-ethyl adjacent to an activating group) is 1. The lowest BCUT2D eigenvalue weighted by atomic mass is 9.99. The molecule has 0 heterocycles. The number of halogens is 2. The molecule has 18 heavy (non-hydrogen) atoms. The lowest BCUT2D eigenvalue weighted by Crippen LogP contribution is -2.31. The van der Waals surface area contributed by atoms with Gasteiger partial charge in [0.2, 0.25) is 0 Å². The van der Waals surface area contributed by atoms with Crippen LogP contribution in [0.1, 0.15) is 32.3 Å². The van der Waals surface area contributed by atoms with E-state index in [0.29, 0.717) is 12.0 Å². The highest BCUT2D eigenvalue weighted by Gasteiger charge is 2.13. The van der Waals surface area contributed by atoms with Gasteiger partial charge in [-0.1, -0.05) is 24.6 Å². The van der Waals surface area contributed by atoms with Crippen LogP contribution in [0.25, 0.3) is 0 Å². The summed E-state index contributed by atoms with van der Waals surface area (Å²) in [7, 11) is 0. The second-order valence-electron chi connectivity index (χ2n) is 4.67. The van der Waals surface area contributed by atoms with Crippen molar-refractivity contribution in [3.05, 3.63) is 47.5 Å². The average Bonchev–Trinajstić information content (AvgIpc) is 2.32. The summed E-state index contributed by atoms with van der Waals surface area (Å²) in [4.78, 5) is 0. The summed E-state index contributed by atoms with van der Waals surface area (Å²) in [5, 5.41) is 3.30. The molecule has 1 rings (SSSR count). The predicted molar refractivity (Wildman–Crippen MR) is 71.6 cm³/mol. The van der Waals surface area contributed by atoms with Gasteiger partial charge in [-0.25, -0.2) is 8.78 Å². The van der Waals surface area contributed by atoms with E-state index in [0.717, 1.165) is 31.0 Å². The van der Waals surface area contributed by atoms with Gasteiger partial charge >= 0.3 is 0 Å². The first-order chi connectivity index (χ1) is 8.54. The number of hydrogen-bond acceptors (Lipinski definition) is 1. The first kappa shape index (κ1) is 14.8. The summed E-state index contributed by atoms with van der Waals surface area (Å²) in [5.74, 6) is -1.50. The van der Waals surface area contributed by atoms with Gasteiger partial charge in [-0.2, -0.15) is 0 Å². The minimum atomic E-state index is -0.775. The molecule has 1 aromatic rings. The Kier molecular flexibility index (Phi) is 5.99. The molecule has 0 radical (unpaired) electrons. The summed E-state index contributed by atoms with van der Waals surface area (Å²) in [6.07, 6.45) is 2.29. The molecular weight excluding hydrogens is 232 g/mol. The molecule has 3 heteroatoms. The van der Waals surface area contributed by atoms with Crippen LogP contribution in [0.5, 0.6) is 0 Å². The Balaban J connectivity index is 2.70. The quantitative estimate of drug-likeness (QED) is 0.728. The van der Waals surface area contributed by atoms with Crippen molar-refractivity contribution in [1.29, 1.82) is 0 Å². The molecule has 1 aromatic carbocycles. The van der Waals surface area contributed by atoms with E-state index in [1.807, 2.05) is 13.8 Å². The summed E-state index contributed by atoms with van der Waals surface area (Å²) in [6, 6.07) is 4.50. The molecule has 1 N–H and O–H groups in total. The van der Waals surface area contributed by atoms with Gasteiger partial charge in [-0.3, -0.25) is 0 Å². The van der Waals surface area contributed by atoms with E-state index in [9.17, 15) is 8.78 Å². The van der Waals surface area contributed by atoms with Crippen molar-refractivity contribution in [2.75, 3.05) is 6.54 Å². The van der Waals surface area contributed by atoms with E-state index in [1.54, 1.807) is 12.1 Å². The fraction of sp³-hybridized carbons (Fsp3) is 0.467. The van der Waals surface area contributed by atoms with Crippen LogP contribution in [0.3, 0.4) is 0 Å². The highest BCUT2D eigenvalue weighted by atomic mass is 19.2. The molecule has 0 bridgehead atoms. The van der Waals surface area contributed by atoms with E-state index in [4.69, 9.17) is 0 Å². The SMILES string of the molecule is C=C(C)CCC(Cc1cccc(F)c1F)NCC. The maximum atomic E-state index is 13.6.